The van der Waals surface area contributed by atoms with Crippen molar-refractivity contribution in [3.8, 4) is 11.4 Å². The molecule has 0 saturated heterocycles. The van der Waals surface area contributed by atoms with Crippen molar-refractivity contribution in [2.75, 3.05) is 13.1 Å². The lowest BCUT2D eigenvalue weighted by atomic mass is 10.2. The van der Waals surface area contributed by atoms with Crippen LogP contribution in [0.25, 0.3) is 11.4 Å². The van der Waals surface area contributed by atoms with Crippen LogP contribution in [0, 0.1) is 0 Å². The molecule has 0 saturated carbocycles. The van der Waals surface area contributed by atoms with Crippen LogP contribution in [0.3, 0.4) is 0 Å². The van der Waals surface area contributed by atoms with Gasteiger partial charge in [0.25, 0.3) is 0 Å². The maximum absolute atomic E-state index is 11.5. The normalized spacial score (nSPS) is 13.4. The number of carbonyl (C=O) groups excluding carboxylic acids is 1. The van der Waals surface area contributed by atoms with Crippen LogP contribution in [-0.4, -0.2) is 40.5 Å². The van der Waals surface area contributed by atoms with Crippen molar-refractivity contribution in [2.45, 2.75) is 25.9 Å². The average molecular weight is 304 g/mol. The summed E-state index contributed by atoms with van der Waals surface area (Å²) in [7, 11) is 0. The molecule has 2 atom stereocenters. The van der Waals surface area contributed by atoms with Crippen molar-refractivity contribution in [3.63, 3.8) is 0 Å². The highest BCUT2D eigenvalue weighted by atomic mass is 16.5. The number of aliphatic hydroxyl groups is 1. The Labute approximate surface area is 128 Å². The molecular weight excluding hydrogens is 284 g/mol. The van der Waals surface area contributed by atoms with E-state index >= 15 is 0 Å². The minimum absolute atomic E-state index is 0.109. The molecule has 0 aliphatic heterocycles. The highest BCUT2D eigenvalue weighted by molar-refractivity contribution is 5.73. The molecule has 1 aromatic carbocycles. The van der Waals surface area contributed by atoms with Crippen molar-refractivity contribution in [2.24, 2.45) is 0 Å². The zero-order chi connectivity index (χ0) is 15.9. The van der Waals surface area contributed by atoms with E-state index < -0.39 is 6.10 Å². The molecule has 0 aliphatic rings. The van der Waals surface area contributed by atoms with Crippen LogP contribution in [0.5, 0.6) is 0 Å². The summed E-state index contributed by atoms with van der Waals surface area (Å²) >= 11 is 0. The second-order valence-electron chi connectivity index (χ2n) is 5.16. The van der Waals surface area contributed by atoms with Crippen molar-refractivity contribution < 1.29 is 14.4 Å². The van der Waals surface area contributed by atoms with Gasteiger partial charge in [-0.05, 0) is 6.92 Å². The SMILES string of the molecule is CC(CNC(=O)NC[C@@H](C)O)c1nc(-c2ccccc2)no1. The standard InChI is InChI=1S/C15H20N4O3/c1-10(8-16-15(21)17-9-11(2)20)14-18-13(19-22-14)12-6-4-3-5-7-12/h3-7,10-11,20H,8-9H2,1-2H3,(H2,16,17,21)/t10?,11-/m1/s1. The van der Waals surface area contributed by atoms with Crippen LogP contribution >= 0.6 is 0 Å². The first-order chi connectivity index (χ1) is 10.6. The van der Waals surface area contributed by atoms with Gasteiger partial charge < -0.3 is 20.3 Å². The molecule has 2 amide bonds. The van der Waals surface area contributed by atoms with Gasteiger partial charge in [0.2, 0.25) is 11.7 Å². The molecule has 0 radical (unpaired) electrons. The van der Waals surface area contributed by atoms with Crippen LogP contribution < -0.4 is 10.6 Å². The van der Waals surface area contributed by atoms with E-state index in [1.165, 1.54) is 0 Å². The number of amides is 2. The number of rotatable bonds is 6. The fourth-order valence-corrected chi connectivity index (χ4v) is 1.78. The van der Waals surface area contributed by atoms with E-state index in [4.69, 9.17) is 9.63 Å². The molecular formula is C15H20N4O3. The van der Waals surface area contributed by atoms with Gasteiger partial charge in [-0.25, -0.2) is 4.79 Å². The second-order valence-corrected chi connectivity index (χ2v) is 5.16. The number of urea groups is 1. The first-order valence-corrected chi connectivity index (χ1v) is 7.15. The van der Waals surface area contributed by atoms with Gasteiger partial charge in [0.05, 0.1) is 12.0 Å². The van der Waals surface area contributed by atoms with E-state index in [2.05, 4.69) is 20.8 Å². The number of aromatic nitrogens is 2. The highest BCUT2D eigenvalue weighted by Crippen LogP contribution is 2.18. The van der Waals surface area contributed by atoms with Gasteiger partial charge in [-0.15, -0.1) is 0 Å². The lowest BCUT2D eigenvalue weighted by Gasteiger charge is -2.11. The lowest BCUT2D eigenvalue weighted by Crippen LogP contribution is -2.40. The van der Waals surface area contributed by atoms with E-state index in [9.17, 15) is 4.79 Å². The number of hydrogen-bond acceptors (Lipinski definition) is 5. The second kappa shape index (κ2) is 7.56. The summed E-state index contributed by atoms with van der Waals surface area (Å²) in [6, 6.07) is 9.20. The van der Waals surface area contributed by atoms with Crippen molar-refractivity contribution in [3.05, 3.63) is 36.2 Å². The van der Waals surface area contributed by atoms with Gasteiger partial charge in [-0.1, -0.05) is 42.4 Å². The van der Waals surface area contributed by atoms with Gasteiger partial charge in [0, 0.05) is 18.7 Å². The largest absolute Gasteiger partial charge is 0.392 e. The molecule has 7 heteroatoms. The Bertz CT molecular complexity index is 598. The lowest BCUT2D eigenvalue weighted by molar-refractivity contribution is 0.187. The van der Waals surface area contributed by atoms with E-state index in [0.717, 1.165) is 5.56 Å². The number of benzene rings is 1. The molecule has 118 valence electrons. The van der Waals surface area contributed by atoms with Crippen molar-refractivity contribution >= 4 is 6.03 Å². The summed E-state index contributed by atoms with van der Waals surface area (Å²) in [5.41, 5.74) is 0.882. The van der Waals surface area contributed by atoms with E-state index in [0.29, 0.717) is 18.3 Å². The molecule has 0 fully saturated rings. The fraction of sp³-hybridized carbons (Fsp3) is 0.400. The van der Waals surface area contributed by atoms with E-state index in [-0.39, 0.29) is 18.5 Å². The predicted molar refractivity (Wildman–Crippen MR) is 81.2 cm³/mol. The molecule has 0 bridgehead atoms. The fourth-order valence-electron chi connectivity index (χ4n) is 1.78. The highest BCUT2D eigenvalue weighted by Gasteiger charge is 2.16. The summed E-state index contributed by atoms with van der Waals surface area (Å²) in [5, 5.41) is 18.3. The van der Waals surface area contributed by atoms with Gasteiger partial charge in [-0.2, -0.15) is 4.98 Å². The van der Waals surface area contributed by atoms with Gasteiger partial charge in [0.1, 0.15) is 0 Å². The Morgan fingerprint density at radius 1 is 1.23 bits per heavy atom. The number of carbonyl (C=O) groups is 1. The first-order valence-electron chi connectivity index (χ1n) is 7.15. The summed E-state index contributed by atoms with van der Waals surface area (Å²) in [6.07, 6.45) is -0.576. The molecule has 22 heavy (non-hydrogen) atoms. The molecule has 2 aromatic rings. The van der Waals surface area contributed by atoms with Crippen LogP contribution in [0.2, 0.25) is 0 Å². The minimum Gasteiger partial charge on any atom is -0.392 e. The molecule has 1 heterocycles. The Hall–Kier alpha value is -2.41. The molecule has 2 rings (SSSR count). The monoisotopic (exact) mass is 304 g/mol. The van der Waals surface area contributed by atoms with Crippen LogP contribution in [0.15, 0.2) is 34.9 Å². The topological polar surface area (TPSA) is 100 Å². The smallest absolute Gasteiger partial charge is 0.314 e. The molecule has 3 N–H and O–H groups in total. The van der Waals surface area contributed by atoms with Crippen LogP contribution in [-0.2, 0) is 0 Å². The zero-order valence-corrected chi connectivity index (χ0v) is 12.6. The first kappa shape index (κ1) is 16.0. The third kappa shape index (κ3) is 4.56. The Morgan fingerprint density at radius 3 is 2.59 bits per heavy atom. The van der Waals surface area contributed by atoms with Gasteiger partial charge >= 0.3 is 6.03 Å². The molecule has 1 unspecified atom stereocenters. The maximum atomic E-state index is 11.5. The van der Waals surface area contributed by atoms with Gasteiger partial charge in [0.15, 0.2) is 0 Å². The molecule has 0 aliphatic carbocycles. The molecule has 0 spiro atoms. The summed E-state index contributed by atoms with van der Waals surface area (Å²) in [4.78, 5) is 15.9. The quantitative estimate of drug-likeness (QED) is 0.751. The average Bonchev–Trinajstić information content (AvgIpc) is 3.01. The Morgan fingerprint density at radius 2 is 1.91 bits per heavy atom. The van der Waals surface area contributed by atoms with E-state index in [1.807, 2.05) is 37.3 Å². The molecule has 7 nitrogen and oxygen atoms in total. The molecule has 1 aromatic heterocycles. The minimum atomic E-state index is -0.576. The van der Waals surface area contributed by atoms with Crippen LogP contribution in [0.4, 0.5) is 4.79 Å². The number of nitrogens with one attached hydrogen (secondary N) is 2. The van der Waals surface area contributed by atoms with E-state index in [1.54, 1.807) is 6.92 Å². The summed E-state index contributed by atoms with van der Waals surface area (Å²) < 4.78 is 5.24. The third-order valence-electron chi connectivity index (χ3n) is 3.02. The van der Waals surface area contributed by atoms with Crippen molar-refractivity contribution in [1.82, 2.24) is 20.8 Å². The summed E-state index contributed by atoms with van der Waals surface area (Å²) in [5.74, 6) is 0.887. The zero-order valence-electron chi connectivity index (χ0n) is 12.6. The number of aliphatic hydroxyl groups excluding tert-OH is 1. The number of nitrogens with zero attached hydrogens (tertiary/aromatic N) is 2. The van der Waals surface area contributed by atoms with Crippen LogP contribution in [0.1, 0.15) is 25.7 Å². The number of hydrogen-bond donors (Lipinski definition) is 3. The van der Waals surface area contributed by atoms with Crippen molar-refractivity contribution in [1.29, 1.82) is 0 Å². The summed E-state index contributed by atoms with van der Waals surface area (Å²) in [6.45, 7) is 4.06. The van der Waals surface area contributed by atoms with Gasteiger partial charge in [-0.3, -0.25) is 0 Å². The predicted octanol–water partition coefficient (Wildman–Crippen LogP) is 1.52. The maximum Gasteiger partial charge on any atom is 0.314 e. The third-order valence-corrected chi connectivity index (χ3v) is 3.02. The Balaban J connectivity index is 1.87. The Kier molecular flexibility index (Phi) is 5.48.